The first kappa shape index (κ1) is 31.6. The van der Waals surface area contributed by atoms with Gasteiger partial charge in [-0.1, -0.05) is 113 Å². The van der Waals surface area contributed by atoms with Gasteiger partial charge in [0.05, 0.1) is 18.8 Å². The fraction of sp³-hybridized carbons (Fsp3) is 0.250. The smallest absolute Gasteiger partial charge is 0.272 e. The lowest BCUT2D eigenvalue weighted by molar-refractivity contribution is -0.645. The Morgan fingerprint density at radius 1 is 0.930 bits per heavy atom. The van der Waals surface area contributed by atoms with Crippen molar-refractivity contribution in [3.8, 4) is 11.1 Å². The van der Waals surface area contributed by atoms with Crippen LogP contribution in [-0.4, -0.2) is 26.7 Å². The van der Waals surface area contributed by atoms with Crippen LogP contribution in [0.25, 0.3) is 11.1 Å². The monoisotopic (exact) mass is 658 g/mol. The molecule has 7 nitrogen and oxygen atoms in total. The number of nitrogens with one attached hydrogen (secondary N) is 1. The number of alkyl halides is 3. The molecular weight excluding hydrogens is 631 g/mol. The van der Waals surface area contributed by atoms with Crippen LogP contribution in [0.4, 0.5) is 0 Å². The topological polar surface area (TPSA) is 94.7 Å². The van der Waals surface area contributed by atoms with Crippen molar-refractivity contribution in [2.75, 3.05) is 5.75 Å². The summed E-state index contributed by atoms with van der Waals surface area (Å²) >= 11 is 18.4. The van der Waals surface area contributed by atoms with Gasteiger partial charge in [-0.3, -0.25) is 4.79 Å². The van der Waals surface area contributed by atoms with Crippen LogP contribution < -0.4 is 10.0 Å². The van der Waals surface area contributed by atoms with Crippen LogP contribution in [0, 0.1) is 5.21 Å². The molecule has 224 valence electrons. The predicted octanol–water partition coefficient (Wildman–Crippen LogP) is 6.80. The second kappa shape index (κ2) is 14.3. The van der Waals surface area contributed by atoms with Crippen LogP contribution in [0.3, 0.4) is 0 Å². The third kappa shape index (κ3) is 8.42. The molecule has 1 amide bonds. The van der Waals surface area contributed by atoms with Crippen LogP contribution in [-0.2, 0) is 27.4 Å². The zero-order valence-electron chi connectivity index (χ0n) is 22.9. The lowest BCUT2D eigenvalue weighted by Gasteiger charge is -2.36. The summed E-state index contributed by atoms with van der Waals surface area (Å²) in [5.41, 5.74) is 5.48. The molecule has 1 fully saturated rings. The molecular formula is C32H29Cl3N2O5S. The van der Waals surface area contributed by atoms with Crippen molar-refractivity contribution in [3.63, 3.8) is 0 Å². The maximum Gasteiger partial charge on any atom is 0.272 e. The molecule has 4 aromatic rings. The third-order valence-corrected chi connectivity index (χ3v) is 8.64. The minimum Gasteiger partial charge on any atom is -0.618 e. The molecule has 11 heteroatoms. The highest BCUT2D eigenvalue weighted by molar-refractivity contribution is 7.99. The number of aromatic nitrogens is 1. The van der Waals surface area contributed by atoms with Gasteiger partial charge in [0.2, 0.25) is 0 Å². The average molecular weight is 660 g/mol. The molecule has 0 bridgehead atoms. The van der Waals surface area contributed by atoms with Crippen molar-refractivity contribution < 1.29 is 24.1 Å². The SMILES string of the molecule is O=C(NCc1cccc(-c2ccc([C@@H]3O[C@H](CSc4cccc[n+]4[O-])C[C@H](c4ccc(CO)cc4)O3)cc2)c1)C(Cl)(Cl)Cl. The maximum absolute atomic E-state index is 12.2. The standard InChI is InChI=1S/C32H29Cl3N2O5S/c33-32(34,35)31(39)36-18-22-4-3-5-26(16-22)23-11-13-25(14-12-23)30-41-27(20-43-29-6-1-2-15-37(29)40)17-28(42-30)24-9-7-21(19-38)8-10-24/h1-16,27-28,30,38H,17-20H2,(H,36,39)/t27-,28+,30+/m0/s1. The number of carbonyl (C=O) groups excluding carboxylic acids is 1. The Morgan fingerprint density at radius 3 is 2.37 bits per heavy atom. The first-order valence-electron chi connectivity index (χ1n) is 13.6. The summed E-state index contributed by atoms with van der Waals surface area (Å²) in [5.74, 6) is -0.105. The molecule has 1 aromatic heterocycles. The van der Waals surface area contributed by atoms with Gasteiger partial charge in [-0.25, -0.2) is 0 Å². The molecule has 1 saturated heterocycles. The van der Waals surface area contributed by atoms with Crippen molar-refractivity contribution in [1.82, 2.24) is 5.32 Å². The third-order valence-electron chi connectivity index (χ3n) is 6.97. The van der Waals surface area contributed by atoms with Gasteiger partial charge in [-0.2, -0.15) is 4.73 Å². The molecule has 1 aliphatic heterocycles. The number of benzene rings is 3. The predicted molar refractivity (Wildman–Crippen MR) is 169 cm³/mol. The van der Waals surface area contributed by atoms with Crippen LogP contribution in [0.5, 0.6) is 0 Å². The number of thioether (sulfide) groups is 1. The van der Waals surface area contributed by atoms with Crippen molar-refractivity contribution in [1.29, 1.82) is 0 Å². The van der Waals surface area contributed by atoms with E-state index >= 15 is 0 Å². The largest absolute Gasteiger partial charge is 0.618 e. The Bertz CT molecular complexity index is 1530. The summed E-state index contributed by atoms with van der Waals surface area (Å²) in [4.78, 5) is 11.9. The minimum atomic E-state index is -2.02. The van der Waals surface area contributed by atoms with E-state index in [9.17, 15) is 15.1 Å². The number of hydrogen-bond acceptors (Lipinski definition) is 6. The molecule has 0 radical (unpaired) electrons. The van der Waals surface area contributed by atoms with E-state index in [4.69, 9.17) is 44.3 Å². The maximum atomic E-state index is 12.2. The van der Waals surface area contributed by atoms with Crippen LogP contribution in [0.15, 0.2) is 102 Å². The first-order valence-corrected chi connectivity index (χ1v) is 15.7. The van der Waals surface area contributed by atoms with Crippen molar-refractivity contribution >= 4 is 52.5 Å². The number of hydrogen-bond donors (Lipinski definition) is 2. The number of ether oxygens (including phenoxy) is 2. The summed E-state index contributed by atoms with van der Waals surface area (Å²) in [6.07, 6.45) is 1.08. The van der Waals surface area contributed by atoms with Crippen molar-refractivity contribution in [2.45, 2.75) is 46.9 Å². The van der Waals surface area contributed by atoms with Gasteiger partial charge < -0.3 is 25.1 Å². The Kier molecular flexibility index (Phi) is 10.5. The molecule has 0 saturated carbocycles. The molecule has 43 heavy (non-hydrogen) atoms. The zero-order chi connectivity index (χ0) is 30.4. The molecule has 3 atom stereocenters. The number of rotatable bonds is 9. The quantitative estimate of drug-likeness (QED) is 0.0888. The van der Waals surface area contributed by atoms with Gasteiger partial charge in [0, 0.05) is 36.4 Å². The van der Waals surface area contributed by atoms with Gasteiger partial charge in [-0.05, 0) is 39.9 Å². The zero-order valence-corrected chi connectivity index (χ0v) is 26.0. The molecule has 0 unspecified atom stereocenters. The van der Waals surface area contributed by atoms with E-state index in [-0.39, 0.29) is 25.4 Å². The van der Waals surface area contributed by atoms with E-state index in [2.05, 4.69) is 5.32 Å². The van der Waals surface area contributed by atoms with Crippen LogP contribution in [0.2, 0.25) is 0 Å². The van der Waals surface area contributed by atoms with E-state index in [1.54, 1.807) is 12.1 Å². The lowest BCUT2D eigenvalue weighted by atomic mass is 9.99. The van der Waals surface area contributed by atoms with E-state index < -0.39 is 16.0 Å². The molecule has 2 heterocycles. The number of aliphatic hydroxyl groups excluding tert-OH is 1. The highest BCUT2D eigenvalue weighted by atomic mass is 35.6. The molecule has 0 spiro atoms. The van der Waals surface area contributed by atoms with Gasteiger partial charge in [-0.15, -0.1) is 0 Å². The normalized spacial score (nSPS) is 18.7. The van der Waals surface area contributed by atoms with Crippen LogP contribution in [0.1, 0.15) is 41.1 Å². The van der Waals surface area contributed by atoms with Gasteiger partial charge in [0.15, 0.2) is 12.5 Å². The molecule has 1 aliphatic rings. The highest BCUT2D eigenvalue weighted by Gasteiger charge is 2.33. The van der Waals surface area contributed by atoms with Crippen molar-refractivity contribution in [3.05, 3.63) is 125 Å². The summed E-state index contributed by atoms with van der Waals surface area (Å²) in [6.45, 7) is 0.194. The molecule has 2 N–H and O–H groups in total. The van der Waals surface area contributed by atoms with E-state index in [1.807, 2.05) is 78.9 Å². The minimum absolute atomic E-state index is 0.0259. The number of nitrogens with zero attached hydrogens (tertiary/aromatic N) is 1. The van der Waals surface area contributed by atoms with Crippen molar-refractivity contribution in [2.24, 2.45) is 0 Å². The second-order valence-corrected chi connectivity index (χ2v) is 13.4. The summed E-state index contributed by atoms with van der Waals surface area (Å²) in [6, 6.07) is 28.7. The average Bonchev–Trinajstić information content (AvgIpc) is 3.03. The number of carbonyl (C=O) groups is 1. The number of pyridine rings is 1. The first-order chi connectivity index (χ1) is 20.7. The Hall–Kier alpha value is -2.82. The lowest BCUT2D eigenvalue weighted by Crippen LogP contribution is -2.33. The Labute approximate surface area is 269 Å². The highest BCUT2D eigenvalue weighted by Crippen LogP contribution is 2.39. The summed E-state index contributed by atoms with van der Waals surface area (Å²) < 4.78 is 11.7. The molecule has 0 aliphatic carbocycles. The van der Waals surface area contributed by atoms with Gasteiger partial charge >= 0.3 is 0 Å². The number of halogens is 3. The summed E-state index contributed by atoms with van der Waals surface area (Å²) in [5, 5.41) is 24.9. The van der Waals surface area contributed by atoms with Gasteiger partial charge in [0.25, 0.3) is 14.7 Å². The van der Waals surface area contributed by atoms with Gasteiger partial charge in [0.1, 0.15) is 0 Å². The molecule has 3 aromatic carbocycles. The number of amides is 1. The summed E-state index contributed by atoms with van der Waals surface area (Å²) in [7, 11) is 0. The fourth-order valence-electron chi connectivity index (χ4n) is 4.70. The Morgan fingerprint density at radius 2 is 1.67 bits per heavy atom. The fourth-order valence-corrected chi connectivity index (χ4v) is 5.84. The van der Waals surface area contributed by atoms with Crippen LogP contribution >= 0.6 is 46.6 Å². The second-order valence-electron chi connectivity index (χ2n) is 10.0. The van der Waals surface area contributed by atoms with E-state index in [1.165, 1.54) is 18.0 Å². The number of aliphatic hydroxyl groups is 1. The Balaban J connectivity index is 1.32. The van der Waals surface area contributed by atoms with E-state index in [0.29, 0.717) is 17.2 Å². The van der Waals surface area contributed by atoms with E-state index in [0.717, 1.165) is 38.1 Å². The molecule has 5 rings (SSSR count).